The summed E-state index contributed by atoms with van der Waals surface area (Å²) in [7, 11) is 0. The van der Waals surface area contributed by atoms with Crippen molar-refractivity contribution in [3.63, 3.8) is 0 Å². The fourth-order valence-electron chi connectivity index (χ4n) is 5.89. The lowest BCUT2D eigenvalue weighted by molar-refractivity contribution is -0.130. The van der Waals surface area contributed by atoms with Crippen LogP contribution in [0.3, 0.4) is 0 Å². The molecule has 5 rings (SSSR count). The molecule has 0 saturated heterocycles. The molecule has 0 aromatic heterocycles. The van der Waals surface area contributed by atoms with Gasteiger partial charge in [0.15, 0.2) is 0 Å². The average Bonchev–Trinajstić information content (AvgIpc) is 2.94. The van der Waals surface area contributed by atoms with E-state index in [2.05, 4.69) is 48.6 Å². The second-order valence-corrected chi connectivity index (χ2v) is 11.1. The van der Waals surface area contributed by atoms with Crippen molar-refractivity contribution in [3.8, 4) is 11.8 Å². The maximum atomic E-state index is 12.5. The molecule has 2 aromatic carbocycles. The summed E-state index contributed by atoms with van der Waals surface area (Å²) in [6.07, 6.45) is 2.46. The molecule has 3 fully saturated rings. The Balaban J connectivity index is 1.25. The normalized spacial score (nSPS) is 23.3. The van der Waals surface area contributed by atoms with E-state index in [1.165, 1.54) is 11.9 Å². The molecule has 39 heavy (non-hydrogen) atoms. The molecule has 0 unspecified atom stereocenters. The third-order valence-electron chi connectivity index (χ3n) is 8.51. The van der Waals surface area contributed by atoms with Crippen LogP contribution in [0.15, 0.2) is 48.5 Å². The Hall–Kier alpha value is -3.71. The lowest BCUT2D eigenvalue weighted by atomic mass is 9.45. The Morgan fingerprint density at radius 2 is 1.64 bits per heavy atom. The fraction of sp³-hybridized carbons (Fsp3) is 0.433. The van der Waals surface area contributed by atoms with Crippen LogP contribution in [0.5, 0.6) is 0 Å². The van der Waals surface area contributed by atoms with Gasteiger partial charge in [-0.3, -0.25) is 19.6 Å². The summed E-state index contributed by atoms with van der Waals surface area (Å²) >= 11 is 0. The molecule has 9 nitrogen and oxygen atoms in total. The van der Waals surface area contributed by atoms with Crippen LogP contribution in [-0.4, -0.2) is 48.1 Å². The molecular formula is C30H37N5O4. The first-order valence-electron chi connectivity index (χ1n) is 13.3. The molecule has 7 N–H and O–H groups in total. The van der Waals surface area contributed by atoms with Crippen LogP contribution in [0.4, 0.5) is 5.69 Å². The lowest BCUT2D eigenvalue weighted by Crippen LogP contribution is -2.60. The Bertz CT molecular complexity index is 1260. The number of nitrogens with one attached hydrogen (secondary N) is 4. The number of amides is 3. The largest absolute Gasteiger partial charge is 0.339 e. The highest BCUT2D eigenvalue weighted by molar-refractivity contribution is 5.97. The van der Waals surface area contributed by atoms with Crippen molar-refractivity contribution in [2.45, 2.75) is 45.7 Å². The molecule has 2 aromatic rings. The summed E-state index contributed by atoms with van der Waals surface area (Å²) in [5, 5.41) is 17.6. The van der Waals surface area contributed by atoms with Crippen LogP contribution in [0.2, 0.25) is 0 Å². The fourth-order valence-corrected chi connectivity index (χ4v) is 5.89. The van der Waals surface area contributed by atoms with Crippen molar-refractivity contribution in [2.24, 2.45) is 28.9 Å². The number of hydrogen-bond acceptors (Lipinski definition) is 6. The van der Waals surface area contributed by atoms with Crippen molar-refractivity contribution in [3.05, 3.63) is 65.2 Å². The number of anilines is 1. The zero-order chi connectivity index (χ0) is 28.2. The van der Waals surface area contributed by atoms with Gasteiger partial charge in [-0.25, -0.2) is 5.48 Å². The number of nitrogens with two attached hydrogens (primary N) is 1. The van der Waals surface area contributed by atoms with Crippen molar-refractivity contribution in [1.29, 1.82) is 0 Å². The first-order chi connectivity index (χ1) is 18.6. The molecule has 3 amide bonds. The highest BCUT2D eigenvalue weighted by Crippen LogP contribution is 2.61. The highest BCUT2D eigenvalue weighted by Gasteiger charge is 2.56. The molecule has 0 aliphatic heterocycles. The number of fused-ring (bicyclic) bond motifs is 2. The summed E-state index contributed by atoms with van der Waals surface area (Å²) in [4.78, 5) is 36.3. The van der Waals surface area contributed by atoms with Gasteiger partial charge in [0.05, 0.1) is 6.54 Å². The molecule has 3 aliphatic rings. The lowest BCUT2D eigenvalue weighted by Gasteiger charge is -2.62. The highest BCUT2D eigenvalue weighted by atomic mass is 16.5. The zero-order valence-corrected chi connectivity index (χ0v) is 22.6. The second kappa shape index (κ2) is 12.0. The smallest absolute Gasteiger partial charge is 0.267 e. The summed E-state index contributed by atoms with van der Waals surface area (Å²) < 4.78 is 0. The predicted molar refractivity (Wildman–Crippen MR) is 149 cm³/mol. The molecule has 0 heterocycles. The van der Waals surface area contributed by atoms with Crippen LogP contribution in [0, 0.1) is 35.0 Å². The quantitative estimate of drug-likeness (QED) is 0.175. The third-order valence-corrected chi connectivity index (χ3v) is 8.51. The second-order valence-electron chi connectivity index (χ2n) is 11.1. The van der Waals surface area contributed by atoms with E-state index in [1.807, 2.05) is 24.3 Å². The van der Waals surface area contributed by atoms with Crippen LogP contribution < -0.4 is 27.2 Å². The van der Waals surface area contributed by atoms with Gasteiger partial charge < -0.3 is 21.7 Å². The first kappa shape index (κ1) is 28.3. The van der Waals surface area contributed by atoms with Gasteiger partial charge in [0.1, 0.15) is 6.04 Å². The zero-order valence-electron chi connectivity index (χ0n) is 22.6. The van der Waals surface area contributed by atoms with Gasteiger partial charge in [-0.15, -0.1) is 0 Å². The maximum absolute atomic E-state index is 12.5. The summed E-state index contributed by atoms with van der Waals surface area (Å²) in [6, 6.07) is 13.3. The van der Waals surface area contributed by atoms with Crippen molar-refractivity contribution < 1.29 is 19.6 Å². The predicted octanol–water partition coefficient (Wildman–Crippen LogP) is 2.25. The molecule has 2 bridgehead atoms. The van der Waals surface area contributed by atoms with Crippen LogP contribution in [-0.2, 0) is 9.59 Å². The Morgan fingerprint density at radius 1 is 1.03 bits per heavy atom. The van der Waals surface area contributed by atoms with E-state index >= 15 is 0 Å². The van der Waals surface area contributed by atoms with Gasteiger partial charge in [0.25, 0.3) is 11.8 Å². The minimum absolute atomic E-state index is 0.0570. The molecule has 0 spiro atoms. The topological polar surface area (TPSA) is 146 Å². The number of carbonyl (C=O) groups excluding carboxylic acids is 3. The van der Waals surface area contributed by atoms with Gasteiger partial charge in [-0.05, 0) is 84.5 Å². The van der Waals surface area contributed by atoms with Gasteiger partial charge in [-0.2, -0.15) is 0 Å². The molecule has 0 radical (unpaired) electrons. The van der Waals surface area contributed by atoms with E-state index in [0.717, 1.165) is 23.8 Å². The van der Waals surface area contributed by atoms with Crippen molar-refractivity contribution in [1.82, 2.24) is 16.1 Å². The molecule has 9 heteroatoms. The summed E-state index contributed by atoms with van der Waals surface area (Å²) in [5.41, 5.74) is 9.90. The number of hydroxylamine groups is 1. The minimum atomic E-state index is -1.04. The number of rotatable bonds is 8. The summed E-state index contributed by atoms with van der Waals surface area (Å²) in [5.74, 6) is 6.84. The van der Waals surface area contributed by atoms with Gasteiger partial charge >= 0.3 is 0 Å². The van der Waals surface area contributed by atoms with Gasteiger partial charge in [0, 0.05) is 35.0 Å². The SMILES string of the molecule is C[C@@H]1[C@@H](NCC(=O)Nc2ccc(C#Cc3ccc(C(=O)N[C@@H](CN)C(=O)NO)cc3)cc2)C[C@H]2C[C@@H]1C2(C)C. The van der Waals surface area contributed by atoms with Crippen molar-refractivity contribution in [2.75, 3.05) is 18.4 Å². The number of hydrogen-bond donors (Lipinski definition) is 6. The molecular weight excluding hydrogens is 494 g/mol. The molecule has 3 aliphatic carbocycles. The van der Waals surface area contributed by atoms with Gasteiger partial charge in [0.2, 0.25) is 5.91 Å². The Labute approximate surface area is 229 Å². The molecule has 3 saturated carbocycles. The Kier molecular flexibility index (Phi) is 8.70. The van der Waals surface area contributed by atoms with E-state index in [9.17, 15) is 14.4 Å². The molecule has 5 atom stereocenters. The average molecular weight is 532 g/mol. The van der Waals surface area contributed by atoms with E-state index in [4.69, 9.17) is 10.9 Å². The Morgan fingerprint density at radius 3 is 2.18 bits per heavy atom. The van der Waals surface area contributed by atoms with Crippen molar-refractivity contribution >= 4 is 23.4 Å². The third kappa shape index (κ3) is 6.48. The van der Waals surface area contributed by atoms with E-state index in [0.29, 0.717) is 40.7 Å². The maximum Gasteiger partial charge on any atom is 0.267 e. The van der Waals surface area contributed by atoms with E-state index in [1.54, 1.807) is 24.3 Å². The summed E-state index contributed by atoms with van der Waals surface area (Å²) in [6.45, 7) is 7.20. The van der Waals surface area contributed by atoms with Gasteiger partial charge in [-0.1, -0.05) is 32.6 Å². The van der Waals surface area contributed by atoms with Crippen LogP contribution >= 0.6 is 0 Å². The van der Waals surface area contributed by atoms with Crippen LogP contribution in [0.25, 0.3) is 0 Å². The van der Waals surface area contributed by atoms with E-state index in [-0.39, 0.29) is 12.5 Å². The first-order valence-corrected chi connectivity index (χ1v) is 13.3. The number of carbonyl (C=O) groups is 3. The standard InChI is InChI=1S/C30H37N5O4/c1-18-24-14-22(30(24,2)3)15-25(18)32-17-27(36)33-23-12-8-20(9-13-23)5-4-19-6-10-21(11-7-19)28(37)34-26(16-31)29(38)35-39/h6-13,18,22,24-26,32,39H,14-17,31H2,1-3H3,(H,33,36)(H,34,37)(H,35,38)/t18-,22+,24-,25-,26-/m0/s1. The molecule has 206 valence electrons. The minimum Gasteiger partial charge on any atom is -0.339 e. The van der Waals surface area contributed by atoms with E-state index < -0.39 is 17.9 Å². The number of benzene rings is 2. The van der Waals surface area contributed by atoms with Crippen LogP contribution in [0.1, 0.15) is 55.1 Å². The monoisotopic (exact) mass is 531 g/mol.